The van der Waals surface area contributed by atoms with Crippen molar-refractivity contribution in [3.05, 3.63) is 60.4 Å². The number of carbonyl (C=O) groups is 2. The smallest absolute Gasteiger partial charge is 0.251 e. The molecule has 0 aliphatic heterocycles. The quantitative estimate of drug-likeness (QED) is 0.491. The molecule has 3 aromatic rings. The van der Waals surface area contributed by atoms with E-state index in [9.17, 15) is 9.59 Å². The van der Waals surface area contributed by atoms with Gasteiger partial charge in [-0.05, 0) is 55.7 Å². The second-order valence-electron chi connectivity index (χ2n) is 7.72. The first-order valence-corrected chi connectivity index (χ1v) is 10.7. The molecule has 1 aromatic heterocycles. The summed E-state index contributed by atoms with van der Waals surface area (Å²) in [6.07, 6.45) is 2.59. The molecule has 0 saturated carbocycles. The highest BCUT2D eigenvalue weighted by atomic mass is 16.5. The van der Waals surface area contributed by atoms with Crippen LogP contribution >= 0.6 is 0 Å². The van der Waals surface area contributed by atoms with Gasteiger partial charge >= 0.3 is 0 Å². The number of nitrogens with zero attached hydrogens (tertiary/aromatic N) is 2. The highest BCUT2D eigenvalue weighted by Crippen LogP contribution is 2.14. The first-order chi connectivity index (χ1) is 15.0. The first-order valence-electron chi connectivity index (χ1n) is 10.7. The molecule has 2 N–H and O–H groups in total. The molecule has 164 valence electrons. The maximum absolute atomic E-state index is 12.7. The van der Waals surface area contributed by atoms with Crippen molar-refractivity contribution in [3.63, 3.8) is 0 Å². The molecule has 31 heavy (non-hydrogen) atoms. The van der Waals surface area contributed by atoms with Crippen LogP contribution < -0.4 is 15.4 Å². The van der Waals surface area contributed by atoms with Crippen LogP contribution in [-0.2, 0) is 11.3 Å². The molecule has 3 rings (SSSR count). The summed E-state index contributed by atoms with van der Waals surface area (Å²) in [5, 5.41) is 5.81. The Labute approximate surface area is 182 Å². The number of aromatic nitrogens is 2. The van der Waals surface area contributed by atoms with Gasteiger partial charge in [0.15, 0.2) is 0 Å². The second kappa shape index (κ2) is 10.6. The third-order valence-corrected chi connectivity index (χ3v) is 5.07. The minimum Gasteiger partial charge on any atom is -0.494 e. The van der Waals surface area contributed by atoms with Crippen LogP contribution in [0.15, 0.2) is 54.9 Å². The van der Waals surface area contributed by atoms with Crippen molar-refractivity contribution in [3.8, 4) is 5.75 Å². The topological polar surface area (TPSA) is 85.2 Å². The summed E-state index contributed by atoms with van der Waals surface area (Å²) in [5.41, 5.74) is 2.54. The number of ether oxygens (including phenoxy) is 1. The van der Waals surface area contributed by atoms with Gasteiger partial charge in [0.2, 0.25) is 5.91 Å². The van der Waals surface area contributed by atoms with E-state index < -0.39 is 6.04 Å². The molecule has 1 atom stereocenters. The van der Waals surface area contributed by atoms with Gasteiger partial charge in [-0.1, -0.05) is 26.0 Å². The number of rotatable bonds is 10. The van der Waals surface area contributed by atoms with E-state index in [-0.39, 0.29) is 17.7 Å². The van der Waals surface area contributed by atoms with Gasteiger partial charge in [0.1, 0.15) is 11.8 Å². The maximum atomic E-state index is 12.7. The molecule has 0 aliphatic carbocycles. The van der Waals surface area contributed by atoms with Crippen LogP contribution in [0.1, 0.15) is 37.6 Å². The van der Waals surface area contributed by atoms with E-state index in [2.05, 4.69) is 20.2 Å². The Morgan fingerprint density at radius 1 is 1.10 bits per heavy atom. The average Bonchev–Trinajstić information content (AvgIpc) is 3.18. The zero-order valence-electron chi connectivity index (χ0n) is 18.3. The summed E-state index contributed by atoms with van der Waals surface area (Å²) < 4.78 is 7.48. The number of carbonyl (C=O) groups excluding carboxylic acids is 2. The van der Waals surface area contributed by atoms with Crippen molar-refractivity contribution in [2.45, 2.75) is 39.8 Å². The van der Waals surface area contributed by atoms with Crippen molar-refractivity contribution in [1.29, 1.82) is 0 Å². The predicted octanol–water partition coefficient (Wildman–Crippen LogP) is 3.40. The molecule has 1 heterocycles. The van der Waals surface area contributed by atoms with Crippen molar-refractivity contribution in [2.75, 3.05) is 13.2 Å². The van der Waals surface area contributed by atoms with Gasteiger partial charge in [0.05, 0.1) is 24.0 Å². The minimum atomic E-state index is -0.604. The zero-order chi connectivity index (χ0) is 22.2. The lowest BCUT2D eigenvalue weighted by atomic mass is 10.0. The average molecular weight is 423 g/mol. The van der Waals surface area contributed by atoms with Gasteiger partial charge in [0, 0.05) is 18.7 Å². The molecule has 0 spiro atoms. The van der Waals surface area contributed by atoms with Gasteiger partial charge in [-0.2, -0.15) is 0 Å². The molecule has 0 fully saturated rings. The van der Waals surface area contributed by atoms with Crippen molar-refractivity contribution in [2.24, 2.45) is 5.92 Å². The largest absolute Gasteiger partial charge is 0.494 e. The molecular formula is C24H30N4O3. The number of benzene rings is 2. The fourth-order valence-corrected chi connectivity index (χ4v) is 3.39. The van der Waals surface area contributed by atoms with E-state index in [1.165, 1.54) is 0 Å². The van der Waals surface area contributed by atoms with E-state index in [1.54, 1.807) is 24.3 Å². The van der Waals surface area contributed by atoms with Crippen LogP contribution in [0.25, 0.3) is 11.0 Å². The van der Waals surface area contributed by atoms with Crippen LogP contribution in [0.4, 0.5) is 0 Å². The Hall–Kier alpha value is -3.35. The summed E-state index contributed by atoms with van der Waals surface area (Å²) in [7, 11) is 0. The fourth-order valence-electron chi connectivity index (χ4n) is 3.39. The predicted molar refractivity (Wildman–Crippen MR) is 121 cm³/mol. The number of amides is 2. The zero-order valence-corrected chi connectivity index (χ0v) is 18.3. The van der Waals surface area contributed by atoms with Crippen LogP contribution in [0.2, 0.25) is 0 Å². The number of fused-ring (bicyclic) bond motifs is 1. The highest BCUT2D eigenvalue weighted by Gasteiger charge is 2.24. The molecule has 0 radical (unpaired) electrons. The molecule has 2 aromatic carbocycles. The first kappa shape index (κ1) is 22.3. The lowest BCUT2D eigenvalue weighted by Crippen LogP contribution is -2.49. The van der Waals surface area contributed by atoms with E-state index in [0.717, 1.165) is 24.0 Å². The lowest BCUT2D eigenvalue weighted by molar-refractivity contribution is -0.123. The molecule has 0 unspecified atom stereocenters. The van der Waals surface area contributed by atoms with Crippen LogP contribution in [0.5, 0.6) is 5.75 Å². The molecule has 0 bridgehead atoms. The maximum Gasteiger partial charge on any atom is 0.251 e. The summed E-state index contributed by atoms with van der Waals surface area (Å²) in [4.78, 5) is 29.7. The number of aryl methyl sites for hydroxylation is 1. The lowest BCUT2D eigenvalue weighted by Gasteiger charge is -2.22. The standard InChI is InChI=1S/C24H30N4O3/c1-4-31-19-12-10-18(11-13-19)23(29)27-22(17(2)3)24(30)25-14-7-15-28-16-26-20-8-5-6-9-21(20)28/h5-6,8-13,16-17,22H,4,7,14-15H2,1-3H3,(H,25,30)(H,27,29)/t22-/m0/s1. The summed E-state index contributed by atoms with van der Waals surface area (Å²) in [5.74, 6) is 0.221. The van der Waals surface area contributed by atoms with Gasteiger partial charge < -0.3 is 19.9 Å². The van der Waals surface area contributed by atoms with Gasteiger partial charge in [-0.3, -0.25) is 9.59 Å². The van der Waals surface area contributed by atoms with E-state index in [1.807, 2.05) is 51.4 Å². The third kappa shape index (κ3) is 5.84. The van der Waals surface area contributed by atoms with Gasteiger partial charge in [-0.15, -0.1) is 0 Å². The summed E-state index contributed by atoms with van der Waals surface area (Å²) >= 11 is 0. The molecule has 0 aliphatic rings. The molecule has 7 heteroatoms. The van der Waals surface area contributed by atoms with Gasteiger partial charge in [-0.25, -0.2) is 4.98 Å². The Kier molecular flexibility index (Phi) is 7.65. The number of para-hydroxylation sites is 2. The summed E-state index contributed by atoms with van der Waals surface area (Å²) in [6.45, 7) is 7.59. The Bertz CT molecular complexity index is 1010. The second-order valence-corrected chi connectivity index (χ2v) is 7.72. The Morgan fingerprint density at radius 2 is 1.84 bits per heavy atom. The molecule has 2 amide bonds. The fraction of sp³-hybridized carbons (Fsp3) is 0.375. The van der Waals surface area contributed by atoms with E-state index in [4.69, 9.17) is 4.74 Å². The molecule has 0 saturated heterocycles. The third-order valence-electron chi connectivity index (χ3n) is 5.07. The number of imidazole rings is 1. The number of hydrogen-bond donors (Lipinski definition) is 2. The van der Waals surface area contributed by atoms with Crippen LogP contribution in [-0.4, -0.2) is 40.6 Å². The number of nitrogens with one attached hydrogen (secondary N) is 2. The highest BCUT2D eigenvalue weighted by molar-refractivity contribution is 5.97. The normalized spacial score (nSPS) is 12.0. The monoisotopic (exact) mass is 422 g/mol. The summed E-state index contributed by atoms with van der Waals surface area (Å²) in [6, 6.07) is 14.3. The van der Waals surface area contributed by atoms with Crippen molar-refractivity contribution >= 4 is 22.8 Å². The van der Waals surface area contributed by atoms with Crippen LogP contribution in [0.3, 0.4) is 0 Å². The van der Waals surface area contributed by atoms with Crippen molar-refractivity contribution < 1.29 is 14.3 Å². The Morgan fingerprint density at radius 3 is 2.55 bits per heavy atom. The molecular weight excluding hydrogens is 392 g/mol. The minimum absolute atomic E-state index is 0.0377. The van der Waals surface area contributed by atoms with Crippen molar-refractivity contribution in [1.82, 2.24) is 20.2 Å². The van der Waals surface area contributed by atoms with E-state index >= 15 is 0 Å². The number of hydrogen-bond acceptors (Lipinski definition) is 4. The Balaban J connectivity index is 1.50. The van der Waals surface area contributed by atoms with Crippen LogP contribution in [0, 0.1) is 5.92 Å². The SMILES string of the molecule is CCOc1ccc(C(=O)N[C@H](C(=O)NCCCn2cnc3ccccc32)C(C)C)cc1. The molecule has 7 nitrogen and oxygen atoms in total. The van der Waals surface area contributed by atoms with Gasteiger partial charge in [0.25, 0.3) is 5.91 Å². The van der Waals surface area contributed by atoms with E-state index in [0.29, 0.717) is 24.5 Å².